The number of anilines is 2. The Morgan fingerprint density at radius 3 is 2.61 bits per heavy atom. The summed E-state index contributed by atoms with van der Waals surface area (Å²) >= 11 is 0. The van der Waals surface area contributed by atoms with Crippen molar-refractivity contribution < 1.29 is 4.79 Å². The van der Waals surface area contributed by atoms with Gasteiger partial charge < -0.3 is 16.4 Å². The number of nitrogen functional groups attached to an aromatic ring is 2. The van der Waals surface area contributed by atoms with Gasteiger partial charge in [-0.1, -0.05) is 0 Å². The van der Waals surface area contributed by atoms with Crippen LogP contribution in [0.2, 0.25) is 0 Å². The van der Waals surface area contributed by atoms with Crippen LogP contribution in [0.15, 0.2) is 18.2 Å². The topological polar surface area (TPSA) is 96.1 Å². The Morgan fingerprint density at radius 2 is 2.11 bits per heavy atom. The molecule has 0 heterocycles. The van der Waals surface area contributed by atoms with Crippen LogP contribution in [0, 0.1) is 11.3 Å². The number of hydrogen-bond acceptors (Lipinski definition) is 4. The van der Waals surface area contributed by atoms with E-state index >= 15 is 0 Å². The molecule has 0 unspecified atom stereocenters. The minimum atomic E-state index is -0.169. The third kappa shape index (κ3) is 3.14. The standard InChI is InChI=1S/C13H18N4O/c1-9(2)17(7-3-6-14)13(18)11-5-4-10(15)8-12(11)16/h4-5,8-9H,3,7,15-16H2,1-2H3. The highest BCUT2D eigenvalue weighted by molar-refractivity contribution is 5.99. The predicted octanol–water partition coefficient (Wildman–Crippen LogP) is 1.62. The van der Waals surface area contributed by atoms with Gasteiger partial charge in [0.2, 0.25) is 0 Å². The van der Waals surface area contributed by atoms with E-state index in [2.05, 4.69) is 0 Å². The predicted molar refractivity (Wildman–Crippen MR) is 71.7 cm³/mol. The molecule has 0 aliphatic heterocycles. The van der Waals surface area contributed by atoms with Crippen LogP contribution < -0.4 is 11.5 Å². The fourth-order valence-electron chi connectivity index (χ4n) is 1.70. The maximum absolute atomic E-state index is 12.3. The Labute approximate surface area is 107 Å². The van der Waals surface area contributed by atoms with Gasteiger partial charge in [0.15, 0.2) is 0 Å². The molecule has 0 saturated heterocycles. The van der Waals surface area contributed by atoms with Gasteiger partial charge in [0.05, 0.1) is 18.1 Å². The fourth-order valence-corrected chi connectivity index (χ4v) is 1.70. The van der Waals surface area contributed by atoms with E-state index in [4.69, 9.17) is 16.7 Å². The van der Waals surface area contributed by atoms with Crippen molar-refractivity contribution in [3.8, 4) is 6.07 Å². The highest BCUT2D eigenvalue weighted by Crippen LogP contribution is 2.19. The van der Waals surface area contributed by atoms with Gasteiger partial charge in [0, 0.05) is 24.0 Å². The van der Waals surface area contributed by atoms with E-state index in [1.807, 2.05) is 19.9 Å². The Balaban J connectivity index is 2.99. The maximum atomic E-state index is 12.3. The number of benzene rings is 1. The van der Waals surface area contributed by atoms with Crippen molar-refractivity contribution in [3.05, 3.63) is 23.8 Å². The molecule has 0 aliphatic carbocycles. The van der Waals surface area contributed by atoms with Gasteiger partial charge in [-0.25, -0.2) is 0 Å². The molecule has 1 amide bonds. The van der Waals surface area contributed by atoms with E-state index in [1.54, 1.807) is 23.1 Å². The molecular formula is C13H18N4O. The maximum Gasteiger partial charge on any atom is 0.256 e. The van der Waals surface area contributed by atoms with Crippen LogP contribution in [0.5, 0.6) is 0 Å². The highest BCUT2D eigenvalue weighted by atomic mass is 16.2. The summed E-state index contributed by atoms with van der Waals surface area (Å²) in [4.78, 5) is 14.0. The second-order valence-electron chi connectivity index (χ2n) is 4.35. The molecule has 0 spiro atoms. The van der Waals surface area contributed by atoms with Gasteiger partial charge in [0.25, 0.3) is 5.91 Å². The van der Waals surface area contributed by atoms with Crippen LogP contribution in [-0.2, 0) is 0 Å². The number of rotatable bonds is 4. The van der Waals surface area contributed by atoms with Crippen LogP contribution in [0.1, 0.15) is 30.6 Å². The minimum absolute atomic E-state index is 0.0165. The van der Waals surface area contributed by atoms with E-state index in [0.29, 0.717) is 29.9 Å². The lowest BCUT2D eigenvalue weighted by Crippen LogP contribution is -2.38. The first kappa shape index (κ1) is 13.8. The quantitative estimate of drug-likeness (QED) is 0.789. The summed E-state index contributed by atoms with van der Waals surface area (Å²) in [5, 5.41) is 8.61. The summed E-state index contributed by atoms with van der Waals surface area (Å²) < 4.78 is 0. The summed E-state index contributed by atoms with van der Waals surface area (Å²) in [6.07, 6.45) is 0.304. The SMILES string of the molecule is CC(C)N(CCC#N)C(=O)c1ccc(N)cc1N. The van der Waals surface area contributed by atoms with Gasteiger partial charge in [-0.05, 0) is 32.0 Å². The number of hydrogen-bond donors (Lipinski definition) is 2. The van der Waals surface area contributed by atoms with Crippen molar-refractivity contribution in [1.82, 2.24) is 4.90 Å². The summed E-state index contributed by atoms with van der Waals surface area (Å²) in [5.74, 6) is -0.169. The number of nitrogens with zero attached hydrogens (tertiary/aromatic N) is 2. The summed E-state index contributed by atoms with van der Waals surface area (Å²) in [6, 6.07) is 6.88. The van der Waals surface area contributed by atoms with Crippen molar-refractivity contribution in [1.29, 1.82) is 5.26 Å². The van der Waals surface area contributed by atoms with Crippen LogP contribution >= 0.6 is 0 Å². The fraction of sp³-hybridized carbons (Fsp3) is 0.385. The molecule has 0 bridgehead atoms. The second-order valence-corrected chi connectivity index (χ2v) is 4.35. The van der Waals surface area contributed by atoms with Crippen LogP contribution in [0.3, 0.4) is 0 Å². The van der Waals surface area contributed by atoms with Gasteiger partial charge in [-0.15, -0.1) is 0 Å². The zero-order valence-corrected chi connectivity index (χ0v) is 10.7. The van der Waals surface area contributed by atoms with Crippen molar-refractivity contribution in [2.24, 2.45) is 0 Å². The third-order valence-corrected chi connectivity index (χ3v) is 2.65. The summed E-state index contributed by atoms with van der Waals surface area (Å²) in [5.41, 5.74) is 12.7. The minimum Gasteiger partial charge on any atom is -0.399 e. The average molecular weight is 246 g/mol. The Kier molecular flexibility index (Phi) is 4.55. The second kappa shape index (κ2) is 5.92. The van der Waals surface area contributed by atoms with Crippen molar-refractivity contribution in [3.63, 3.8) is 0 Å². The first-order valence-electron chi connectivity index (χ1n) is 5.80. The van der Waals surface area contributed by atoms with Gasteiger partial charge in [0.1, 0.15) is 0 Å². The van der Waals surface area contributed by atoms with Crippen LogP contribution in [0.4, 0.5) is 11.4 Å². The van der Waals surface area contributed by atoms with E-state index < -0.39 is 0 Å². The van der Waals surface area contributed by atoms with E-state index in [0.717, 1.165) is 0 Å². The molecule has 0 saturated carbocycles. The molecule has 1 rings (SSSR count). The largest absolute Gasteiger partial charge is 0.399 e. The lowest BCUT2D eigenvalue weighted by atomic mass is 10.1. The molecular weight excluding hydrogens is 228 g/mol. The van der Waals surface area contributed by atoms with E-state index in [9.17, 15) is 4.79 Å². The number of carbonyl (C=O) groups is 1. The first-order chi connectivity index (χ1) is 8.47. The number of carbonyl (C=O) groups excluding carboxylic acids is 1. The van der Waals surface area contributed by atoms with E-state index in [1.165, 1.54) is 0 Å². The molecule has 18 heavy (non-hydrogen) atoms. The monoisotopic (exact) mass is 246 g/mol. The molecule has 0 aliphatic rings. The van der Waals surface area contributed by atoms with Gasteiger partial charge in [-0.2, -0.15) is 5.26 Å². The Hall–Kier alpha value is -2.22. The summed E-state index contributed by atoms with van der Waals surface area (Å²) in [6.45, 7) is 4.21. The smallest absolute Gasteiger partial charge is 0.256 e. The molecule has 0 atom stereocenters. The molecule has 4 N–H and O–H groups in total. The normalized spacial score (nSPS) is 10.1. The molecule has 1 aromatic rings. The molecule has 1 aromatic carbocycles. The molecule has 0 fully saturated rings. The number of nitrogens with two attached hydrogens (primary N) is 2. The third-order valence-electron chi connectivity index (χ3n) is 2.65. The zero-order valence-electron chi connectivity index (χ0n) is 10.7. The van der Waals surface area contributed by atoms with E-state index in [-0.39, 0.29) is 11.9 Å². The first-order valence-corrected chi connectivity index (χ1v) is 5.80. The lowest BCUT2D eigenvalue weighted by molar-refractivity contribution is 0.0711. The Morgan fingerprint density at radius 1 is 1.44 bits per heavy atom. The average Bonchev–Trinajstić information content (AvgIpc) is 2.28. The molecule has 5 nitrogen and oxygen atoms in total. The molecule has 0 aromatic heterocycles. The molecule has 96 valence electrons. The van der Waals surface area contributed by atoms with Crippen molar-refractivity contribution >= 4 is 17.3 Å². The zero-order chi connectivity index (χ0) is 13.7. The lowest BCUT2D eigenvalue weighted by Gasteiger charge is -2.26. The van der Waals surface area contributed by atoms with Crippen molar-refractivity contribution in [2.45, 2.75) is 26.3 Å². The highest BCUT2D eigenvalue weighted by Gasteiger charge is 2.20. The van der Waals surface area contributed by atoms with Crippen LogP contribution in [-0.4, -0.2) is 23.4 Å². The molecule has 5 heteroatoms. The van der Waals surface area contributed by atoms with Crippen LogP contribution in [0.25, 0.3) is 0 Å². The van der Waals surface area contributed by atoms with Gasteiger partial charge >= 0.3 is 0 Å². The van der Waals surface area contributed by atoms with Crippen molar-refractivity contribution in [2.75, 3.05) is 18.0 Å². The number of amides is 1. The number of nitriles is 1. The van der Waals surface area contributed by atoms with Gasteiger partial charge in [-0.3, -0.25) is 4.79 Å². The summed E-state index contributed by atoms with van der Waals surface area (Å²) in [7, 11) is 0. The Bertz CT molecular complexity index is 476. The molecule has 0 radical (unpaired) electrons.